The topological polar surface area (TPSA) is 74.6 Å². The largest absolute Gasteiger partial charge is 0.489 e. The number of hydrogen-bond acceptors (Lipinski definition) is 6. The smallest absolute Gasteiger partial charge is 0.265 e. The molecule has 0 saturated heterocycles. The lowest BCUT2D eigenvalue weighted by atomic mass is 10.2. The second-order valence-electron chi connectivity index (χ2n) is 8.02. The lowest BCUT2D eigenvalue weighted by Crippen LogP contribution is -2.12. The Hall–Kier alpha value is -3.20. The number of halogens is 2. The highest BCUT2D eigenvalue weighted by Gasteiger charge is 2.18. The number of rotatable bonds is 7. The molecule has 0 bridgehead atoms. The van der Waals surface area contributed by atoms with E-state index in [0.29, 0.717) is 51.0 Å². The third kappa shape index (κ3) is 5.10. The van der Waals surface area contributed by atoms with E-state index in [9.17, 15) is 4.79 Å². The maximum Gasteiger partial charge on any atom is 0.265 e. The van der Waals surface area contributed by atoms with Crippen LogP contribution in [0.3, 0.4) is 0 Å². The van der Waals surface area contributed by atoms with Crippen molar-refractivity contribution in [2.24, 2.45) is 0 Å². The quantitative estimate of drug-likeness (QED) is 0.296. The van der Waals surface area contributed by atoms with Crippen molar-refractivity contribution in [3.63, 3.8) is 0 Å². The lowest BCUT2D eigenvalue weighted by molar-refractivity contribution is 0.103. The van der Waals surface area contributed by atoms with Gasteiger partial charge in [-0.1, -0.05) is 29.3 Å². The Morgan fingerprint density at radius 2 is 1.97 bits per heavy atom. The van der Waals surface area contributed by atoms with Gasteiger partial charge in [-0.05, 0) is 55.1 Å². The van der Waals surface area contributed by atoms with Crippen molar-refractivity contribution in [1.29, 1.82) is 0 Å². The summed E-state index contributed by atoms with van der Waals surface area (Å²) in [5, 5.41) is 10.7. The summed E-state index contributed by atoms with van der Waals surface area (Å²) in [4.78, 5) is 13.5. The van der Waals surface area contributed by atoms with Gasteiger partial charge in [0.05, 0.1) is 28.5 Å². The molecule has 2 aromatic carbocycles. The van der Waals surface area contributed by atoms with Crippen molar-refractivity contribution in [1.82, 2.24) is 9.78 Å². The second-order valence-corrected chi connectivity index (χ2v) is 9.77. The van der Waals surface area contributed by atoms with Gasteiger partial charge < -0.3 is 19.5 Å². The molecule has 0 radical (unpaired) electrons. The minimum Gasteiger partial charge on any atom is -0.489 e. The predicted octanol–water partition coefficient (Wildman–Crippen LogP) is 6.48. The number of amides is 1. The first kappa shape index (κ1) is 23.5. The maximum atomic E-state index is 12.9. The van der Waals surface area contributed by atoms with Crippen LogP contribution in [-0.4, -0.2) is 22.5 Å². The molecule has 1 amide bonds. The number of aromatic nitrogens is 2. The maximum absolute atomic E-state index is 12.9. The average molecular weight is 530 g/mol. The van der Waals surface area contributed by atoms with Crippen molar-refractivity contribution >= 4 is 46.1 Å². The van der Waals surface area contributed by atoms with Crippen LogP contribution in [0.2, 0.25) is 10.0 Å². The standard InChI is InChI=1S/C25H21Cl2N3O4S/c1-14-24(15(2)30(29-14)10-17-3-4-18(26)8-20(17)27)28-25(31)23-7-16(12-35-23)11-32-19-5-6-21-22(9-19)34-13-33-21/h3-9,12H,10-11,13H2,1-2H3,(H,28,31). The van der Waals surface area contributed by atoms with Gasteiger partial charge in [-0.15, -0.1) is 11.3 Å². The van der Waals surface area contributed by atoms with Gasteiger partial charge in [0.2, 0.25) is 6.79 Å². The molecule has 2 aromatic heterocycles. The number of thiophene rings is 1. The Balaban J connectivity index is 1.24. The lowest BCUT2D eigenvalue weighted by Gasteiger charge is -2.08. The zero-order valence-electron chi connectivity index (χ0n) is 18.9. The van der Waals surface area contributed by atoms with Crippen LogP contribution in [-0.2, 0) is 13.2 Å². The van der Waals surface area contributed by atoms with E-state index in [0.717, 1.165) is 22.5 Å². The van der Waals surface area contributed by atoms with Crippen LogP contribution in [0.4, 0.5) is 5.69 Å². The van der Waals surface area contributed by atoms with Crippen LogP contribution < -0.4 is 19.5 Å². The zero-order chi connectivity index (χ0) is 24.5. The number of aryl methyl sites for hydroxylation is 1. The molecule has 4 aromatic rings. The number of anilines is 1. The third-order valence-electron chi connectivity index (χ3n) is 5.58. The molecule has 0 unspecified atom stereocenters. The van der Waals surface area contributed by atoms with Crippen molar-refractivity contribution in [3.8, 4) is 17.2 Å². The number of benzene rings is 2. The highest BCUT2D eigenvalue weighted by Crippen LogP contribution is 2.35. The van der Waals surface area contributed by atoms with Crippen molar-refractivity contribution in [2.45, 2.75) is 27.0 Å². The van der Waals surface area contributed by atoms with E-state index in [1.165, 1.54) is 11.3 Å². The molecule has 3 heterocycles. The number of carbonyl (C=O) groups excluding carboxylic acids is 1. The first-order chi connectivity index (χ1) is 16.9. The van der Waals surface area contributed by atoms with Gasteiger partial charge >= 0.3 is 0 Å². The molecule has 0 atom stereocenters. The predicted molar refractivity (Wildman–Crippen MR) is 136 cm³/mol. The molecule has 7 nitrogen and oxygen atoms in total. The van der Waals surface area contributed by atoms with Crippen molar-refractivity contribution in [3.05, 3.63) is 85.3 Å². The minimum absolute atomic E-state index is 0.195. The van der Waals surface area contributed by atoms with Gasteiger partial charge in [-0.3, -0.25) is 9.48 Å². The fourth-order valence-corrected chi connectivity index (χ4v) is 4.98. The van der Waals surface area contributed by atoms with E-state index in [4.69, 9.17) is 37.4 Å². The summed E-state index contributed by atoms with van der Waals surface area (Å²) in [5.41, 5.74) is 4.05. The van der Waals surface area contributed by atoms with Gasteiger partial charge in [-0.25, -0.2) is 0 Å². The fraction of sp³-hybridized carbons (Fsp3) is 0.200. The molecule has 0 saturated carbocycles. The number of nitrogens with zero attached hydrogens (tertiary/aromatic N) is 2. The van der Waals surface area contributed by atoms with E-state index in [-0.39, 0.29) is 12.7 Å². The number of ether oxygens (including phenoxy) is 3. The summed E-state index contributed by atoms with van der Waals surface area (Å²) < 4.78 is 18.4. The molecule has 1 N–H and O–H groups in total. The zero-order valence-corrected chi connectivity index (χ0v) is 21.3. The molecule has 35 heavy (non-hydrogen) atoms. The summed E-state index contributed by atoms with van der Waals surface area (Å²) in [6.07, 6.45) is 0. The summed E-state index contributed by atoms with van der Waals surface area (Å²) in [5.74, 6) is 1.85. The van der Waals surface area contributed by atoms with E-state index < -0.39 is 0 Å². The number of hydrogen-bond donors (Lipinski definition) is 1. The Morgan fingerprint density at radius 1 is 1.14 bits per heavy atom. The Morgan fingerprint density at radius 3 is 2.80 bits per heavy atom. The van der Waals surface area contributed by atoms with E-state index in [1.54, 1.807) is 18.2 Å². The highest BCUT2D eigenvalue weighted by molar-refractivity contribution is 7.12. The fourth-order valence-electron chi connectivity index (χ4n) is 3.72. The van der Waals surface area contributed by atoms with Crippen LogP contribution >= 0.6 is 34.5 Å². The molecule has 10 heteroatoms. The van der Waals surface area contributed by atoms with Crippen molar-refractivity contribution < 1.29 is 19.0 Å². The van der Waals surface area contributed by atoms with Crippen LogP contribution in [0.5, 0.6) is 17.2 Å². The van der Waals surface area contributed by atoms with Crippen LogP contribution in [0.15, 0.2) is 47.8 Å². The molecule has 0 spiro atoms. The Bertz CT molecular complexity index is 1420. The SMILES string of the molecule is Cc1nn(Cc2ccc(Cl)cc2Cl)c(C)c1NC(=O)c1cc(COc2ccc3c(c2)OCO3)cs1. The first-order valence-electron chi connectivity index (χ1n) is 10.8. The van der Waals surface area contributed by atoms with Crippen LogP contribution in [0.1, 0.15) is 32.2 Å². The minimum atomic E-state index is -0.195. The summed E-state index contributed by atoms with van der Waals surface area (Å²) in [7, 11) is 0. The molecule has 1 aliphatic heterocycles. The normalized spacial score (nSPS) is 12.1. The monoisotopic (exact) mass is 529 g/mol. The van der Waals surface area contributed by atoms with Gasteiger partial charge in [0.1, 0.15) is 12.4 Å². The summed E-state index contributed by atoms with van der Waals surface area (Å²) in [6, 6.07) is 12.6. The Labute approximate surface area is 216 Å². The third-order valence-corrected chi connectivity index (χ3v) is 7.15. The van der Waals surface area contributed by atoms with Crippen molar-refractivity contribution in [2.75, 3.05) is 12.1 Å². The molecule has 0 aliphatic carbocycles. The average Bonchev–Trinajstić information content (AvgIpc) is 3.55. The highest BCUT2D eigenvalue weighted by atomic mass is 35.5. The van der Waals surface area contributed by atoms with E-state index >= 15 is 0 Å². The second kappa shape index (κ2) is 9.81. The summed E-state index contributed by atoms with van der Waals surface area (Å²) >= 11 is 13.7. The first-order valence-corrected chi connectivity index (χ1v) is 12.4. The van der Waals surface area contributed by atoms with E-state index in [2.05, 4.69) is 10.4 Å². The molecule has 0 fully saturated rings. The molecule has 180 valence electrons. The summed E-state index contributed by atoms with van der Waals surface area (Å²) in [6.45, 7) is 4.80. The number of nitrogens with one attached hydrogen (secondary N) is 1. The van der Waals surface area contributed by atoms with Crippen LogP contribution in [0, 0.1) is 13.8 Å². The van der Waals surface area contributed by atoms with Gasteiger partial charge in [0, 0.05) is 21.7 Å². The number of carbonyl (C=O) groups is 1. The Kier molecular flexibility index (Phi) is 6.60. The van der Waals surface area contributed by atoms with Gasteiger partial charge in [0.15, 0.2) is 11.5 Å². The number of fused-ring (bicyclic) bond motifs is 1. The molecule has 1 aliphatic rings. The van der Waals surface area contributed by atoms with Gasteiger partial charge in [-0.2, -0.15) is 5.10 Å². The van der Waals surface area contributed by atoms with Gasteiger partial charge in [0.25, 0.3) is 5.91 Å². The molecular weight excluding hydrogens is 509 g/mol. The van der Waals surface area contributed by atoms with Crippen LogP contribution in [0.25, 0.3) is 0 Å². The molecule has 5 rings (SSSR count). The molecular formula is C25H21Cl2N3O4S. The van der Waals surface area contributed by atoms with E-state index in [1.807, 2.05) is 48.2 Å².